The number of aromatic nitrogens is 2. The number of ether oxygens (including phenoxy) is 1. The Kier molecular flexibility index (Phi) is 8.73. The van der Waals surface area contributed by atoms with Crippen molar-refractivity contribution in [3.63, 3.8) is 0 Å². The summed E-state index contributed by atoms with van der Waals surface area (Å²) >= 11 is 3.16. The third-order valence-electron chi connectivity index (χ3n) is 4.61. The molecule has 182 valence electrons. The molecule has 0 aliphatic carbocycles. The molecule has 0 bridgehead atoms. The maximum Gasteiger partial charge on any atom is 0.414 e. The summed E-state index contributed by atoms with van der Waals surface area (Å²) in [6.45, 7) is 7.88. The van der Waals surface area contributed by atoms with Crippen LogP contribution in [0.1, 0.15) is 49.9 Å². The van der Waals surface area contributed by atoms with Gasteiger partial charge in [0.05, 0.1) is 35.3 Å². The fourth-order valence-electron chi connectivity index (χ4n) is 2.85. The largest absolute Gasteiger partial charge is 0.445 e. The molecule has 3 aromatic rings. The molecule has 0 unspecified atom stereocenters. The Bertz CT molecular complexity index is 1100. The van der Waals surface area contributed by atoms with Crippen LogP contribution in [-0.2, 0) is 34.7 Å². The Morgan fingerprint density at radius 2 is 1.91 bits per heavy atom. The number of carbonyl (C=O) groups excluding carboxylic acids is 2. The molecule has 0 aliphatic heterocycles. The van der Waals surface area contributed by atoms with Gasteiger partial charge >= 0.3 is 6.09 Å². The summed E-state index contributed by atoms with van der Waals surface area (Å²) in [6, 6.07) is 7.27. The molecule has 3 rings (SSSR count). The van der Waals surface area contributed by atoms with Gasteiger partial charge in [-0.1, -0.05) is 19.1 Å². The first-order chi connectivity index (χ1) is 16.1. The highest BCUT2D eigenvalue weighted by molar-refractivity contribution is 8.00. The van der Waals surface area contributed by atoms with Gasteiger partial charge in [-0.15, -0.1) is 23.1 Å². The molecule has 0 saturated carbocycles. The minimum atomic E-state index is -0.560. The van der Waals surface area contributed by atoms with Crippen molar-refractivity contribution in [3.05, 3.63) is 58.9 Å². The predicted molar refractivity (Wildman–Crippen MR) is 134 cm³/mol. The van der Waals surface area contributed by atoms with E-state index in [1.807, 2.05) is 39.8 Å². The first-order valence-corrected chi connectivity index (χ1v) is 12.8. The molecule has 2 heterocycles. The minimum Gasteiger partial charge on any atom is -0.445 e. The van der Waals surface area contributed by atoms with Gasteiger partial charge in [-0.3, -0.25) is 9.69 Å². The standard InChI is InChI=1S/C24H30N4O4S2/c1-6-18-12-26-20(31-18)15-33-22-14-27-21(34-22)13-25-19(29)11-16-7-9-17(10-8-16)28(5)23(30)32-24(2,3)4/h7-10,12,14H,6,11,13,15H2,1-5H3,(H,25,29). The third kappa shape index (κ3) is 7.88. The molecule has 2 aromatic heterocycles. The van der Waals surface area contributed by atoms with E-state index in [2.05, 4.69) is 15.3 Å². The molecule has 0 aliphatic rings. The molecule has 0 saturated heterocycles. The number of rotatable bonds is 9. The molecule has 10 heteroatoms. The summed E-state index contributed by atoms with van der Waals surface area (Å²) in [6.07, 6.45) is 4.21. The van der Waals surface area contributed by atoms with Crippen LogP contribution in [0, 0.1) is 0 Å². The lowest BCUT2D eigenvalue weighted by molar-refractivity contribution is -0.120. The number of thioether (sulfide) groups is 1. The van der Waals surface area contributed by atoms with Crippen LogP contribution in [0.4, 0.5) is 10.5 Å². The van der Waals surface area contributed by atoms with Crippen LogP contribution >= 0.6 is 23.1 Å². The lowest BCUT2D eigenvalue weighted by Crippen LogP contribution is -2.34. The van der Waals surface area contributed by atoms with E-state index in [1.165, 1.54) is 4.90 Å². The number of oxazole rings is 1. The number of amides is 2. The molecule has 2 amide bonds. The average molecular weight is 503 g/mol. The van der Waals surface area contributed by atoms with Crippen LogP contribution in [-0.4, -0.2) is 34.6 Å². The van der Waals surface area contributed by atoms with Gasteiger partial charge in [0.15, 0.2) is 0 Å². The Morgan fingerprint density at radius 1 is 1.18 bits per heavy atom. The molecule has 1 N–H and O–H groups in total. The van der Waals surface area contributed by atoms with Gasteiger partial charge in [0.2, 0.25) is 11.8 Å². The van der Waals surface area contributed by atoms with Crippen molar-refractivity contribution >= 4 is 40.8 Å². The molecule has 34 heavy (non-hydrogen) atoms. The van der Waals surface area contributed by atoms with Crippen molar-refractivity contribution in [2.24, 2.45) is 0 Å². The SMILES string of the molecule is CCc1cnc(CSc2cnc(CNC(=O)Cc3ccc(N(C)C(=O)OC(C)(C)C)cc3)s2)o1. The topological polar surface area (TPSA) is 97.6 Å². The number of benzene rings is 1. The first-order valence-electron chi connectivity index (χ1n) is 11.0. The third-order valence-corrected chi connectivity index (χ3v) is 6.79. The van der Waals surface area contributed by atoms with E-state index in [0.29, 0.717) is 23.9 Å². The average Bonchev–Trinajstić information content (AvgIpc) is 3.44. The van der Waals surface area contributed by atoms with E-state index in [-0.39, 0.29) is 12.3 Å². The fourth-order valence-corrected chi connectivity index (χ4v) is 4.66. The number of nitrogens with one attached hydrogen (secondary N) is 1. The monoisotopic (exact) mass is 502 g/mol. The van der Waals surface area contributed by atoms with E-state index < -0.39 is 11.7 Å². The van der Waals surface area contributed by atoms with E-state index in [9.17, 15) is 9.59 Å². The van der Waals surface area contributed by atoms with E-state index in [1.54, 1.807) is 54.7 Å². The molecule has 0 fully saturated rings. The fraction of sp³-hybridized carbons (Fsp3) is 0.417. The van der Waals surface area contributed by atoms with Gasteiger partial charge < -0.3 is 14.5 Å². The number of thiazole rings is 1. The molecule has 0 atom stereocenters. The quantitative estimate of drug-likeness (QED) is 0.401. The van der Waals surface area contributed by atoms with Gasteiger partial charge in [0, 0.05) is 19.2 Å². The van der Waals surface area contributed by atoms with Crippen LogP contribution < -0.4 is 10.2 Å². The number of hydrogen-bond donors (Lipinski definition) is 1. The van der Waals surface area contributed by atoms with E-state index in [0.717, 1.165) is 27.0 Å². The zero-order valence-corrected chi connectivity index (χ0v) is 21.7. The Hall–Kier alpha value is -2.85. The van der Waals surface area contributed by atoms with Crippen molar-refractivity contribution in [3.8, 4) is 0 Å². The number of aryl methyl sites for hydroxylation is 1. The van der Waals surface area contributed by atoms with Crippen molar-refractivity contribution in [2.45, 2.75) is 62.6 Å². The second kappa shape index (κ2) is 11.5. The van der Waals surface area contributed by atoms with Gasteiger partial charge in [0.25, 0.3) is 0 Å². The van der Waals surface area contributed by atoms with Gasteiger partial charge in [-0.05, 0) is 38.5 Å². The number of hydrogen-bond acceptors (Lipinski definition) is 8. The van der Waals surface area contributed by atoms with E-state index >= 15 is 0 Å². The van der Waals surface area contributed by atoms with Crippen LogP contribution in [0.2, 0.25) is 0 Å². The first kappa shape index (κ1) is 25.8. The van der Waals surface area contributed by atoms with Crippen molar-refractivity contribution in [1.82, 2.24) is 15.3 Å². The molecule has 0 radical (unpaired) electrons. The van der Waals surface area contributed by atoms with Gasteiger partial charge in [-0.2, -0.15) is 0 Å². The highest BCUT2D eigenvalue weighted by atomic mass is 32.2. The van der Waals surface area contributed by atoms with Gasteiger partial charge in [0.1, 0.15) is 16.4 Å². The number of nitrogens with zero attached hydrogens (tertiary/aromatic N) is 3. The highest BCUT2D eigenvalue weighted by Crippen LogP contribution is 2.28. The normalized spacial score (nSPS) is 11.3. The number of carbonyl (C=O) groups is 2. The highest BCUT2D eigenvalue weighted by Gasteiger charge is 2.20. The summed E-state index contributed by atoms with van der Waals surface area (Å²) in [5, 5.41) is 3.75. The predicted octanol–water partition coefficient (Wildman–Crippen LogP) is 5.22. The van der Waals surface area contributed by atoms with Crippen molar-refractivity contribution in [2.75, 3.05) is 11.9 Å². The molecule has 1 aromatic carbocycles. The summed E-state index contributed by atoms with van der Waals surface area (Å²) < 4.78 is 12.0. The summed E-state index contributed by atoms with van der Waals surface area (Å²) in [4.78, 5) is 34.7. The molecule has 8 nitrogen and oxygen atoms in total. The van der Waals surface area contributed by atoms with Crippen LogP contribution in [0.3, 0.4) is 0 Å². The summed E-state index contributed by atoms with van der Waals surface area (Å²) in [5.41, 5.74) is 0.990. The smallest absolute Gasteiger partial charge is 0.414 e. The molecular formula is C24H30N4O4S2. The lowest BCUT2D eigenvalue weighted by atomic mass is 10.1. The maximum atomic E-state index is 12.4. The van der Waals surface area contributed by atoms with Crippen molar-refractivity contribution in [1.29, 1.82) is 0 Å². The minimum absolute atomic E-state index is 0.0930. The second-order valence-corrected chi connectivity index (χ2v) is 11.0. The zero-order chi connectivity index (χ0) is 24.7. The molecule has 0 spiro atoms. The maximum absolute atomic E-state index is 12.4. The van der Waals surface area contributed by atoms with Crippen LogP contribution in [0.25, 0.3) is 0 Å². The summed E-state index contributed by atoms with van der Waals surface area (Å²) in [5.74, 6) is 2.14. The Morgan fingerprint density at radius 3 is 2.56 bits per heavy atom. The van der Waals surface area contributed by atoms with Crippen LogP contribution in [0.5, 0.6) is 0 Å². The Labute approximate surface area is 208 Å². The molecular weight excluding hydrogens is 472 g/mol. The number of anilines is 1. The van der Waals surface area contributed by atoms with Crippen LogP contribution in [0.15, 0.2) is 45.3 Å². The van der Waals surface area contributed by atoms with Crippen molar-refractivity contribution < 1.29 is 18.7 Å². The summed E-state index contributed by atoms with van der Waals surface area (Å²) in [7, 11) is 1.66. The second-order valence-electron chi connectivity index (χ2n) is 8.59. The zero-order valence-electron chi connectivity index (χ0n) is 20.1. The van der Waals surface area contributed by atoms with Gasteiger partial charge in [-0.25, -0.2) is 14.8 Å². The Balaban J connectivity index is 1.44. The van der Waals surface area contributed by atoms with E-state index in [4.69, 9.17) is 9.15 Å². The lowest BCUT2D eigenvalue weighted by Gasteiger charge is -2.24.